The molecule has 0 bridgehead atoms. The van der Waals surface area contributed by atoms with Crippen molar-refractivity contribution in [3.8, 4) is 0 Å². The Morgan fingerprint density at radius 3 is 3.12 bits per heavy atom. The summed E-state index contributed by atoms with van der Waals surface area (Å²) in [6.07, 6.45) is 6.59. The van der Waals surface area contributed by atoms with E-state index in [4.69, 9.17) is 0 Å². The zero-order chi connectivity index (χ0) is 12.1. The van der Waals surface area contributed by atoms with E-state index < -0.39 is 5.54 Å². The maximum Gasteiger partial charge on any atom is 0.240 e. The Kier molecular flexibility index (Phi) is 3.73. The summed E-state index contributed by atoms with van der Waals surface area (Å²) in [6, 6.07) is 0. The van der Waals surface area contributed by atoms with E-state index in [-0.39, 0.29) is 5.91 Å². The maximum atomic E-state index is 12.0. The van der Waals surface area contributed by atoms with Crippen molar-refractivity contribution in [2.24, 2.45) is 0 Å². The normalized spacial score (nSPS) is 24.5. The van der Waals surface area contributed by atoms with Gasteiger partial charge in [0.1, 0.15) is 0 Å². The summed E-state index contributed by atoms with van der Waals surface area (Å²) in [5.74, 6) is 0.0808. The first-order valence-corrected chi connectivity index (χ1v) is 6.08. The molecule has 1 unspecified atom stereocenters. The summed E-state index contributed by atoms with van der Waals surface area (Å²) in [5, 5.41) is 13.8. The fraction of sp³-hybridized carbons (Fsp3) is 0.727. The van der Waals surface area contributed by atoms with Gasteiger partial charge in [0.2, 0.25) is 5.91 Å². The zero-order valence-corrected chi connectivity index (χ0v) is 10.1. The lowest BCUT2D eigenvalue weighted by Gasteiger charge is -2.33. The van der Waals surface area contributed by atoms with Crippen molar-refractivity contribution in [3.05, 3.63) is 12.4 Å². The minimum atomic E-state index is -0.402. The van der Waals surface area contributed by atoms with Crippen LogP contribution in [0.5, 0.6) is 0 Å². The first kappa shape index (κ1) is 12.0. The predicted molar refractivity (Wildman–Crippen MR) is 63.3 cm³/mol. The molecule has 2 rings (SSSR count). The molecule has 94 valence electrons. The van der Waals surface area contributed by atoms with Gasteiger partial charge in [0, 0.05) is 12.7 Å². The first-order chi connectivity index (χ1) is 8.21. The number of aromatic nitrogens is 3. The molecule has 0 radical (unpaired) electrons. The molecule has 0 spiro atoms. The average molecular weight is 237 g/mol. The van der Waals surface area contributed by atoms with Crippen LogP contribution in [0, 0.1) is 0 Å². The highest BCUT2D eigenvalue weighted by molar-refractivity contribution is 5.85. The second-order valence-corrected chi connectivity index (χ2v) is 4.64. The molecular formula is C11H19N5O. The van der Waals surface area contributed by atoms with Gasteiger partial charge in [-0.15, -0.1) is 5.10 Å². The number of carbonyl (C=O) groups excluding carboxylic acids is 1. The van der Waals surface area contributed by atoms with Gasteiger partial charge in [0.05, 0.1) is 18.3 Å². The quantitative estimate of drug-likeness (QED) is 0.768. The van der Waals surface area contributed by atoms with Gasteiger partial charge in [0.15, 0.2) is 0 Å². The Morgan fingerprint density at radius 1 is 1.59 bits per heavy atom. The lowest BCUT2D eigenvalue weighted by atomic mass is 9.90. The van der Waals surface area contributed by atoms with Crippen LogP contribution in [0.2, 0.25) is 0 Å². The van der Waals surface area contributed by atoms with E-state index in [1.165, 1.54) is 0 Å². The smallest absolute Gasteiger partial charge is 0.240 e. The van der Waals surface area contributed by atoms with Gasteiger partial charge in [-0.1, -0.05) is 5.21 Å². The summed E-state index contributed by atoms with van der Waals surface area (Å²) in [4.78, 5) is 12.0. The van der Waals surface area contributed by atoms with Gasteiger partial charge >= 0.3 is 0 Å². The van der Waals surface area contributed by atoms with Gasteiger partial charge in [-0.25, -0.2) is 0 Å². The Hall–Kier alpha value is -1.43. The molecule has 1 atom stereocenters. The molecule has 1 aliphatic heterocycles. The molecule has 1 saturated heterocycles. The highest BCUT2D eigenvalue weighted by atomic mass is 16.2. The van der Waals surface area contributed by atoms with Crippen molar-refractivity contribution in [3.63, 3.8) is 0 Å². The number of piperidine rings is 1. The molecule has 1 aromatic rings. The van der Waals surface area contributed by atoms with E-state index in [9.17, 15) is 4.79 Å². The molecule has 1 aromatic heterocycles. The number of nitrogens with zero attached hydrogens (tertiary/aromatic N) is 3. The summed E-state index contributed by atoms with van der Waals surface area (Å²) >= 11 is 0. The fourth-order valence-corrected chi connectivity index (χ4v) is 2.08. The Labute approximate surface area is 101 Å². The van der Waals surface area contributed by atoms with Crippen LogP contribution in [0.3, 0.4) is 0 Å². The Morgan fingerprint density at radius 2 is 2.47 bits per heavy atom. The third-order valence-corrected chi connectivity index (χ3v) is 3.22. The van der Waals surface area contributed by atoms with E-state index >= 15 is 0 Å². The SMILES string of the molecule is CC1(C(=O)NCCn2ccnn2)CCCCN1. The van der Waals surface area contributed by atoms with Crippen LogP contribution in [-0.2, 0) is 11.3 Å². The third kappa shape index (κ3) is 3.03. The molecule has 0 aliphatic carbocycles. The van der Waals surface area contributed by atoms with Crippen LogP contribution in [0.1, 0.15) is 26.2 Å². The summed E-state index contributed by atoms with van der Waals surface area (Å²) in [6.45, 7) is 4.13. The molecule has 2 heterocycles. The van der Waals surface area contributed by atoms with Gasteiger partial charge in [0.25, 0.3) is 0 Å². The van der Waals surface area contributed by atoms with Crippen LogP contribution in [0.15, 0.2) is 12.4 Å². The van der Waals surface area contributed by atoms with Crippen molar-refractivity contribution in [2.45, 2.75) is 38.3 Å². The highest BCUT2D eigenvalue weighted by Crippen LogP contribution is 2.18. The lowest BCUT2D eigenvalue weighted by Crippen LogP contribution is -2.57. The minimum Gasteiger partial charge on any atom is -0.353 e. The molecule has 2 N–H and O–H groups in total. The van der Waals surface area contributed by atoms with Crippen LogP contribution in [0.4, 0.5) is 0 Å². The Bertz CT molecular complexity index is 356. The van der Waals surface area contributed by atoms with E-state index in [1.807, 2.05) is 6.92 Å². The number of carbonyl (C=O) groups is 1. The summed E-state index contributed by atoms with van der Waals surface area (Å²) < 4.78 is 1.71. The van der Waals surface area contributed by atoms with Crippen LogP contribution >= 0.6 is 0 Å². The van der Waals surface area contributed by atoms with Gasteiger partial charge in [-0.05, 0) is 32.7 Å². The number of rotatable bonds is 4. The van der Waals surface area contributed by atoms with Crippen molar-refractivity contribution in [1.82, 2.24) is 25.6 Å². The van der Waals surface area contributed by atoms with E-state index in [1.54, 1.807) is 17.1 Å². The number of nitrogens with one attached hydrogen (secondary N) is 2. The highest BCUT2D eigenvalue weighted by Gasteiger charge is 2.33. The molecule has 0 aromatic carbocycles. The third-order valence-electron chi connectivity index (χ3n) is 3.22. The number of hydrogen-bond donors (Lipinski definition) is 2. The molecule has 1 amide bonds. The van der Waals surface area contributed by atoms with Crippen LogP contribution < -0.4 is 10.6 Å². The molecule has 1 aliphatic rings. The standard InChI is InChI=1S/C11H19N5O/c1-11(4-2-3-5-13-11)10(17)12-6-8-16-9-7-14-15-16/h7,9,13H,2-6,8H2,1H3,(H,12,17). The van der Waals surface area contributed by atoms with Gasteiger partial charge in [-0.2, -0.15) is 0 Å². The molecule has 1 fully saturated rings. The van der Waals surface area contributed by atoms with E-state index in [2.05, 4.69) is 20.9 Å². The Balaban J connectivity index is 1.76. The van der Waals surface area contributed by atoms with Crippen molar-refractivity contribution in [1.29, 1.82) is 0 Å². The van der Waals surface area contributed by atoms with E-state index in [0.29, 0.717) is 13.1 Å². The zero-order valence-electron chi connectivity index (χ0n) is 10.1. The first-order valence-electron chi connectivity index (χ1n) is 6.08. The maximum absolute atomic E-state index is 12.0. The minimum absolute atomic E-state index is 0.0808. The monoisotopic (exact) mass is 237 g/mol. The largest absolute Gasteiger partial charge is 0.353 e. The van der Waals surface area contributed by atoms with Crippen LogP contribution in [0.25, 0.3) is 0 Å². The summed E-state index contributed by atoms with van der Waals surface area (Å²) in [5.41, 5.74) is -0.402. The molecule has 6 nitrogen and oxygen atoms in total. The number of amides is 1. The topological polar surface area (TPSA) is 71.8 Å². The van der Waals surface area contributed by atoms with E-state index in [0.717, 1.165) is 25.8 Å². The molecule has 17 heavy (non-hydrogen) atoms. The van der Waals surface area contributed by atoms with Crippen LogP contribution in [-0.4, -0.2) is 39.5 Å². The lowest BCUT2D eigenvalue weighted by molar-refractivity contribution is -0.127. The predicted octanol–water partition coefficient (Wildman–Crippen LogP) is -0.0735. The fourth-order valence-electron chi connectivity index (χ4n) is 2.08. The average Bonchev–Trinajstić information content (AvgIpc) is 2.83. The van der Waals surface area contributed by atoms with Crippen molar-refractivity contribution >= 4 is 5.91 Å². The number of hydrogen-bond acceptors (Lipinski definition) is 4. The second kappa shape index (κ2) is 5.27. The molecular weight excluding hydrogens is 218 g/mol. The molecule has 0 saturated carbocycles. The van der Waals surface area contributed by atoms with Crippen molar-refractivity contribution in [2.75, 3.05) is 13.1 Å². The second-order valence-electron chi connectivity index (χ2n) is 4.64. The van der Waals surface area contributed by atoms with Gasteiger partial charge in [-0.3, -0.25) is 9.48 Å². The molecule has 6 heteroatoms. The summed E-state index contributed by atoms with van der Waals surface area (Å²) in [7, 11) is 0. The van der Waals surface area contributed by atoms with Gasteiger partial charge < -0.3 is 10.6 Å². The van der Waals surface area contributed by atoms with Crippen molar-refractivity contribution < 1.29 is 4.79 Å².